The number of hydrogen-bond acceptors (Lipinski definition) is 2. The van der Waals surface area contributed by atoms with E-state index in [4.69, 9.17) is 0 Å². The van der Waals surface area contributed by atoms with E-state index in [1.54, 1.807) is 0 Å². The lowest BCUT2D eigenvalue weighted by atomic mass is 10.1. The molecule has 0 fully saturated rings. The Morgan fingerprint density at radius 3 is 2.53 bits per heavy atom. The van der Waals surface area contributed by atoms with Gasteiger partial charge < -0.3 is 9.88 Å². The average molecular weight is 229 g/mol. The molecule has 2 rings (SSSR count). The molecule has 1 N–H and O–H groups in total. The Morgan fingerprint density at radius 1 is 1.24 bits per heavy atom. The van der Waals surface area contributed by atoms with Gasteiger partial charge in [0.15, 0.2) is 0 Å². The van der Waals surface area contributed by atoms with Crippen LogP contribution < -0.4 is 5.32 Å². The van der Waals surface area contributed by atoms with Crippen LogP contribution in [0.5, 0.6) is 0 Å². The summed E-state index contributed by atoms with van der Waals surface area (Å²) >= 11 is 0. The van der Waals surface area contributed by atoms with Crippen molar-refractivity contribution in [1.29, 1.82) is 0 Å². The summed E-state index contributed by atoms with van der Waals surface area (Å²) in [6.45, 7) is 6.30. The highest BCUT2D eigenvalue weighted by atomic mass is 15.1. The van der Waals surface area contributed by atoms with Crippen molar-refractivity contribution in [3.63, 3.8) is 0 Å². The molecule has 17 heavy (non-hydrogen) atoms. The van der Waals surface area contributed by atoms with E-state index in [0.717, 1.165) is 5.69 Å². The topological polar surface area (TPSA) is 29.9 Å². The number of nitrogens with one attached hydrogen (secondary N) is 1. The van der Waals surface area contributed by atoms with Crippen molar-refractivity contribution in [2.45, 2.75) is 26.8 Å². The molecule has 0 aliphatic heterocycles. The maximum atomic E-state index is 4.36. The van der Waals surface area contributed by atoms with E-state index in [0.29, 0.717) is 6.04 Å². The van der Waals surface area contributed by atoms with Crippen LogP contribution in [0, 0.1) is 13.8 Å². The molecule has 2 aromatic rings. The van der Waals surface area contributed by atoms with Crippen LogP contribution in [0.2, 0.25) is 0 Å². The number of aryl methyl sites for hydroxylation is 1. The molecule has 0 amide bonds. The van der Waals surface area contributed by atoms with E-state index in [1.165, 1.54) is 16.9 Å². The lowest BCUT2D eigenvalue weighted by Gasteiger charge is -2.17. The highest BCUT2D eigenvalue weighted by molar-refractivity contribution is 5.44. The number of nitrogens with zero attached hydrogens (tertiary/aromatic N) is 2. The lowest BCUT2D eigenvalue weighted by molar-refractivity contribution is 0.647. The highest BCUT2D eigenvalue weighted by Gasteiger charge is 2.12. The largest absolute Gasteiger partial charge is 0.313 e. The molecule has 0 radical (unpaired) electrons. The summed E-state index contributed by atoms with van der Waals surface area (Å²) in [7, 11) is 1.98. The molecule has 1 aromatic carbocycles. The number of benzene rings is 1. The van der Waals surface area contributed by atoms with Crippen molar-refractivity contribution in [2.24, 2.45) is 0 Å². The van der Waals surface area contributed by atoms with E-state index < -0.39 is 0 Å². The third kappa shape index (κ3) is 2.11. The molecular weight excluding hydrogens is 210 g/mol. The molecule has 0 spiro atoms. The summed E-state index contributed by atoms with van der Waals surface area (Å²) in [6.07, 6.45) is 1.89. The molecule has 0 aliphatic rings. The standard InChI is InChI=1S/C14H19N3/c1-10-12(3)17(9-16-10)14-8-6-5-7-13(14)11(2)15-4/h5-9,11,15H,1-4H3. The first-order valence-corrected chi connectivity index (χ1v) is 5.92. The predicted octanol–water partition coefficient (Wildman–Crippen LogP) is 2.77. The van der Waals surface area contributed by atoms with Crippen LogP contribution in [0.4, 0.5) is 0 Å². The van der Waals surface area contributed by atoms with Gasteiger partial charge in [0.2, 0.25) is 0 Å². The van der Waals surface area contributed by atoms with E-state index in [2.05, 4.69) is 53.0 Å². The molecule has 3 heteroatoms. The quantitative estimate of drug-likeness (QED) is 0.877. The summed E-state index contributed by atoms with van der Waals surface area (Å²) in [5.74, 6) is 0. The zero-order chi connectivity index (χ0) is 12.4. The molecule has 1 unspecified atom stereocenters. The fourth-order valence-electron chi connectivity index (χ4n) is 1.97. The third-order valence-corrected chi connectivity index (χ3v) is 3.35. The molecule has 1 atom stereocenters. The van der Waals surface area contributed by atoms with Crippen LogP contribution >= 0.6 is 0 Å². The lowest BCUT2D eigenvalue weighted by Crippen LogP contribution is -2.15. The second-order valence-corrected chi connectivity index (χ2v) is 4.35. The zero-order valence-corrected chi connectivity index (χ0v) is 10.9. The van der Waals surface area contributed by atoms with Gasteiger partial charge in [0.05, 0.1) is 17.7 Å². The Labute approximate surface area is 103 Å². The second kappa shape index (κ2) is 4.72. The van der Waals surface area contributed by atoms with Crippen LogP contribution in [0.15, 0.2) is 30.6 Å². The van der Waals surface area contributed by atoms with E-state index in [1.807, 2.05) is 20.3 Å². The first-order chi connectivity index (χ1) is 8.15. The number of aromatic nitrogens is 2. The smallest absolute Gasteiger partial charge is 0.0997 e. The molecule has 0 aliphatic carbocycles. The SMILES string of the molecule is CNC(C)c1ccccc1-n1cnc(C)c1C. The van der Waals surface area contributed by atoms with Crippen molar-refractivity contribution >= 4 is 0 Å². The summed E-state index contributed by atoms with van der Waals surface area (Å²) < 4.78 is 2.15. The Hall–Kier alpha value is -1.61. The number of para-hydroxylation sites is 1. The normalized spacial score (nSPS) is 12.7. The molecule has 90 valence electrons. The molecule has 0 saturated heterocycles. The van der Waals surface area contributed by atoms with Crippen LogP contribution in [0.25, 0.3) is 5.69 Å². The number of imidazole rings is 1. The van der Waals surface area contributed by atoms with Gasteiger partial charge in [-0.2, -0.15) is 0 Å². The Bertz CT molecular complexity index is 514. The fourth-order valence-corrected chi connectivity index (χ4v) is 1.97. The molecule has 0 saturated carbocycles. The van der Waals surface area contributed by atoms with Crippen molar-refractivity contribution in [3.8, 4) is 5.69 Å². The summed E-state index contributed by atoms with van der Waals surface area (Å²) in [4.78, 5) is 4.36. The molecule has 1 heterocycles. The van der Waals surface area contributed by atoms with Gasteiger partial charge in [-0.1, -0.05) is 18.2 Å². The van der Waals surface area contributed by atoms with Crippen LogP contribution in [-0.2, 0) is 0 Å². The third-order valence-electron chi connectivity index (χ3n) is 3.35. The van der Waals surface area contributed by atoms with Crippen molar-refractivity contribution < 1.29 is 0 Å². The summed E-state index contributed by atoms with van der Waals surface area (Å²) in [5.41, 5.74) is 4.76. The van der Waals surface area contributed by atoms with Gasteiger partial charge in [0.25, 0.3) is 0 Å². The highest BCUT2D eigenvalue weighted by Crippen LogP contribution is 2.23. The molecular formula is C14H19N3. The van der Waals surface area contributed by atoms with E-state index in [-0.39, 0.29) is 0 Å². The molecule has 1 aromatic heterocycles. The number of rotatable bonds is 3. The maximum Gasteiger partial charge on any atom is 0.0997 e. The average Bonchev–Trinajstić information content (AvgIpc) is 2.69. The van der Waals surface area contributed by atoms with E-state index >= 15 is 0 Å². The second-order valence-electron chi connectivity index (χ2n) is 4.35. The zero-order valence-electron chi connectivity index (χ0n) is 10.9. The number of hydrogen-bond donors (Lipinski definition) is 1. The molecule has 0 bridgehead atoms. The van der Waals surface area contributed by atoms with Crippen molar-refractivity contribution in [3.05, 3.63) is 47.5 Å². The summed E-state index contributed by atoms with van der Waals surface area (Å²) in [5, 5.41) is 3.28. The van der Waals surface area contributed by atoms with Gasteiger partial charge in [-0.05, 0) is 39.4 Å². The van der Waals surface area contributed by atoms with Gasteiger partial charge in [0.1, 0.15) is 0 Å². The molecule has 3 nitrogen and oxygen atoms in total. The van der Waals surface area contributed by atoms with Crippen molar-refractivity contribution in [1.82, 2.24) is 14.9 Å². The minimum absolute atomic E-state index is 0.327. The summed E-state index contributed by atoms with van der Waals surface area (Å²) in [6, 6.07) is 8.76. The first kappa shape index (κ1) is 11.9. The van der Waals surface area contributed by atoms with Gasteiger partial charge in [-0.15, -0.1) is 0 Å². The van der Waals surface area contributed by atoms with E-state index in [9.17, 15) is 0 Å². The maximum absolute atomic E-state index is 4.36. The minimum atomic E-state index is 0.327. The predicted molar refractivity (Wildman–Crippen MR) is 70.5 cm³/mol. The van der Waals surface area contributed by atoms with Gasteiger partial charge in [-0.3, -0.25) is 0 Å². The first-order valence-electron chi connectivity index (χ1n) is 5.92. The fraction of sp³-hybridized carbons (Fsp3) is 0.357. The minimum Gasteiger partial charge on any atom is -0.313 e. The Morgan fingerprint density at radius 2 is 1.94 bits per heavy atom. The van der Waals surface area contributed by atoms with Crippen LogP contribution in [0.3, 0.4) is 0 Å². The van der Waals surface area contributed by atoms with Gasteiger partial charge in [-0.25, -0.2) is 4.98 Å². The van der Waals surface area contributed by atoms with Crippen LogP contribution in [0.1, 0.15) is 29.9 Å². The monoisotopic (exact) mass is 229 g/mol. The van der Waals surface area contributed by atoms with Gasteiger partial charge >= 0.3 is 0 Å². The van der Waals surface area contributed by atoms with Crippen LogP contribution in [-0.4, -0.2) is 16.6 Å². The van der Waals surface area contributed by atoms with Gasteiger partial charge in [0, 0.05) is 11.7 Å². The Kier molecular flexibility index (Phi) is 3.29. The van der Waals surface area contributed by atoms with Crippen molar-refractivity contribution in [2.75, 3.05) is 7.05 Å². The Balaban J connectivity index is 2.56.